The first-order chi connectivity index (χ1) is 11.0. The molecule has 0 amide bonds. The SMILES string of the molecule is C=C(C)Cn1c(C(C)Oc2cccc(C)c2)nc2ccccc21. The zero-order valence-electron chi connectivity index (χ0n) is 13.9. The molecule has 1 unspecified atom stereocenters. The summed E-state index contributed by atoms with van der Waals surface area (Å²) in [6.45, 7) is 10.9. The Bertz CT molecular complexity index is 848. The first-order valence-corrected chi connectivity index (χ1v) is 7.87. The summed E-state index contributed by atoms with van der Waals surface area (Å²) < 4.78 is 8.31. The number of nitrogens with zero attached hydrogens (tertiary/aromatic N) is 2. The Morgan fingerprint density at radius 3 is 2.74 bits per heavy atom. The molecular formula is C20H22N2O. The Morgan fingerprint density at radius 1 is 1.22 bits per heavy atom. The van der Waals surface area contributed by atoms with Gasteiger partial charge < -0.3 is 9.30 Å². The molecule has 0 saturated heterocycles. The van der Waals surface area contributed by atoms with Gasteiger partial charge in [-0.05, 0) is 50.6 Å². The number of para-hydroxylation sites is 2. The number of hydrogen-bond acceptors (Lipinski definition) is 2. The van der Waals surface area contributed by atoms with Gasteiger partial charge in [-0.25, -0.2) is 4.98 Å². The highest BCUT2D eigenvalue weighted by Gasteiger charge is 2.18. The van der Waals surface area contributed by atoms with Crippen LogP contribution in [0.1, 0.15) is 31.3 Å². The topological polar surface area (TPSA) is 27.1 Å². The van der Waals surface area contributed by atoms with Gasteiger partial charge in [-0.1, -0.05) is 36.4 Å². The predicted molar refractivity (Wildman–Crippen MR) is 94.8 cm³/mol. The zero-order chi connectivity index (χ0) is 16.4. The smallest absolute Gasteiger partial charge is 0.153 e. The molecule has 0 aliphatic heterocycles. The molecule has 0 bridgehead atoms. The van der Waals surface area contributed by atoms with Crippen LogP contribution in [0.4, 0.5) is 0 Å². The average Bonchev–Trinajstić information content (AvgIpc) is 2.86. The molecule has 0 N–H and O–H groups in total. The summed E-state index contributed by atoms with van der Waals surface area (Å²) in [6, 6.07) is 16.3. The molecule has 0 aliphatic carbocycles. The number of benzene rings is 2. The highest BCUT2D eigenvalue weighted by atomic mass is 16.5. The van der Waals surface area contributed by atoms with Crippen LogP contribution in [0.3, 0.4) is 0 Å². The van der Waals surface area contributed by atoms with Gasteiger partial charge in [-0.15, -0.1) is 0 Å². The van der Waals surface area contributed by atoms with Crippen molar-refractivity contribution in [2.75, 3.05) is 0 Å². The number of rotatable bonds is 5. The van der Waals surface area contributed by atoms with E-state index in [1.54, 1.807) is 0 Å². The second kappa shape index (κ2) is 6.29. The molecular weight excluding hydrogens is 284 g/mol. The minimum atomic E-state index is -0.136. The van der Waals surface area contributed by atoms with E-state index in [9.17, 15) is 0 Å². The summed E-state index contributed by atoms with van der Waals surface area (Å²) in [7, 11) is 0. The van der Waals surface area contributed by atoms with Crippen molar-refractivity contribution in [3.05, 3.63) is 72.1 Å². The van der Waals surface area contributed by atoms with E-state index >= 15 is 0 Å². The lowest BCUT2D eigenvalue weighted by atomic mass is 10.2. The summed E-state index contributed by atoms with van der Waals surface area (Å²) in [5.74, 6) is 1.79. The van der Waals surface area contributed by atoms with E-state index in [1.165, 1.54) is 5.56 Å². The fraction of sp³-hybridized carbons (Fsp3) is 0.250. The molecule has 1 atom stereocenters. The third-order valence-electron chi connectivity index (χ3n) is 3.78. The van der Waals surface area contributed by atoms with Gasteiger partial charge in [0.25, 0.3) is 0 Å². The molecule has 118 valence electrons. The van der Waals surface area contributed by atoms with E-state index < -0.39 is 0 Å². The second-order valence-corrected chi connectivity index (χ2v) is 6.08. The van der Waals surface area contributed by atoms with Crippen LogP contribution in [0.5, 0.6) is 5.75 Å². The molecule has 3 nitrogen and oxygen atoms in total. The molecule has 1 aromatic heterocycles. The molecule has 0 aliphatic rings. The quantitative estimate of drug-likeness (QED) is 0.616. The van der Waals surface area contributed by atoms with Gasteiger partial charge in [0, 0.05) is 6.54 Å². The Hall–Kier alpha value is -2.55. The lowest BCUT2D eigenvalue weighted by molar-refractivity contribution is 0.212. The first kappa shape index (κ1) is 15.3. The maximum absolute atomic E-state index is 6.12. The molecule has 3 rings (SSSR count). The molecule has 0 saturated carbocycles. The molecule has 0 radical (unpaired) electrons. The molecule has 0 spiro atoms. The predicted octanol–water partition coefficient (Wildman–Crippen LogP) is 5.06. The number of fused-ring (bicyclic) bond motifs is 1. The molecule has 0 fully saturated rings. The highest BCUT2D eigenvalue weighted by Crippen LogP contribution is 2.26. The Balaban J connectivity index is 1.98. The molecule has 2 aromatic carbocycles. The molecule has 3 heteroatoms. The van der Waals surface area contributed by atoms with Crippen LogP contribution in [0.2, 0.25) is 0 Å². The third kappa shape index (κ3) is 3.29. The van der Waals surface area contributed by atoms with Crippen LogP contribution >= 0.6 is 0 Å². The van der Waals surface area contributed by atoms with Crippen molar-refractivity contribution < 1.29 is 4.74 Å². The van der Waals surface area contributed by atoms with Gasteiger partial charge in [-0.3, -0.25) is 0 Å². The number of hydrogen-bond donors (Lipinski definition) is 0. The standard InChI is InChI=1S/C20H22N2O/c1-14(2)13-22-19-11-6-5-10-18(19)21-20(22)16(4)23-17-9-7-8-15(3)12-17/h5-12,16H,1,13H2,2-4H3. The Labute approximate surface area is 137 Å². The van der Waals surface area contributed by atoms with Gasteiger partial charge in [0.1, 0.15) is 5.75 Å². The lowest BCUT2D eigenvalue weighted by Gasteiger charge is -2.17. The lowest BCUT2D eigenvalue weighted by Crippen LogP contribution is -2.12. The van der Waals surface area contributed by atoms with Crippen LogP contribution in [0, 0.1) is 6.92 Å². The van der Waals surface area contributed by atoms with Gasteiger partial charge in [0.15, 0.2) is 11.9 Å². The summed E-state index contributed by atoms with van der Waals surface area (Å²) in [6.07, 6.45) is -0.136. The van der Waals surface area contributed by atoms with Crippen LogP contribution in [0.15, 0.2) is 60.7 Å². The third-order valence-corrected chi connectivity index (χ3v) is 3.78. The van der Waals surface area contributed by atoms with E-state index in [0.29, 0.717) is 0 Å². The van der Waals surface area contributed by atoms with E-state index in [2.05, 4.69) is 30.2 Å². The van der Waals surface area contributed by atoms with Gasteiger partial charge in [0.2, 0.25) is 0 Å². The Kier molecular flexibility index (Phi) is 4.20. The Morgan fingerprint density at radius 2 is 2.00 bits per heavy atom. The fourth-order valence-electron chi connectivity index (χ4n) is 2.79. The summed E-state index contributed by atoms with van der Waals surface area (Å²) >= 11 is 0. The van der Waals surface area contributed by atoms with E-state index in [4.69, 9.17) is 9.72 Å². The summed E-state index contributed by atoms with van der Waals surface area (Å²) in [5.41, 5.74) is 4.39. The van der Waals surface area contributed by atoms with Crippen molar-refractivity contribution in [2.45, 2.75) is 33.4 Å². The molecule has 3 aromatic rings. The first-order valence-electron chi connectivity index (χ1n) is 7.87. The van der Waals surface area contributed by atoms with E-state index in [1.807, 2.05) is 50.2 Å². The monoisotopic (exact) mass is 306 g/mol. The summed E-state index contributed by atoms with van der Waals surface area (Å²) in [4.78, 5) is 4.78. The van der Waals surface area contributed by atoms with Gasteiger partial charge >= 0.3 is 0 Å². The van der Waals surface area contributed by atoms with Crippen molar-refractivity contribution >= 4 is 11.0 Å². The van der Waals surface area contributed by atoms with E-state index in [-0.39, 0.29) is 6.10 Å². The van der Waals surface area contributed by atoms with Gasteiger partial charge in [-0.2, -0.15) is 0 Å². The van der Waals surface area contributed by atoms with Crippen molar-refractivity contribution in [2.24, 2.45) is 0 Å². The highest BCUT2D eigenvalue weighted by molar-refractivity contribution is 5.76. The van der Waals surface area contributed by atoms with Crippen molar-refractivity contribution in [1.82, 2.24) is 9.55 Å². The number of ether oxygens (including phenoxy) is 1. The largest absolute Gasteiger partial charge is 0.483 e. The second-order valence-electron chi connectivity index (χ2n) is 6.08. The maximum atomic E-state index is 6.12. The minimum Gasteiger partial charge on any atom is -0.483 e. The van der Waals surface area contributed by atoms with Crippen molar-refractivity contribution in [3.63, 3.8) is 0 Å². The number of allylic oxidation sites excluding steroid dienone is 1. The molecule has 1 heterocycles. The van der Waals surface area contributed by atoms with E-state index in [0.717, 1.165) is 34.7 Å². The maximum Gasteiger partial charge on any atom is 0.153 e. The van der Waals surface area contributed by atoms with Crippen LogP contribution < -0.4 is 4.74 Å². The van der Waals surface area contributed by atoms with Crippen molar-refractivity contribution in [1.29, 1.82) is 0 Å². The number of aryl methyl sites for hydroxylation is 1. The van der Waals surface area contributed by atoms with Crippen molar-refractivity contribution in [3.8, 4) is 5.75 Å². The normalized spacial score (nSPS) is 12.3. The van der Waals surface area contributed by atoms with Crippen LogP contribution in [-0.2, 0) is 6.54 Å². The minimum absolute atomic E-state index is 0.136. The van der Waals surface area contributed by atoms with Gasteiger partial charge in [0.05, 0.1) is 11.0 Å². The summed E-state index contributed by atoms with van der Waals surface area (Å²) in [5, 5.41) is 0. The average molecular weight is 306 g/mol. The number of aromatic nitrogens is 2. The zero-order valence-corrected chi connectivity index (χ0v) is 13.9. The fourth-order valence-corrected chi connectivity index (χ4v) is 2.79. The number of imidazole rings is 1. The van der Waals surface area contributed by atoms with Crippen LogP contribution in [0.25, 0.3) is 11.0 Å². The van der Waals surface area contributed by atoms with Crippen LogP contribution in [-0.4, -0.2) is 9.55 Å². The molecule has 23 heavy (non-hydrogen) atoms.